The molecular weight excluding hydrogens is 378 g/mol. The van der Waals surface area contributed by atoms with Crippen LogP contribution in [0, 0.1) is 6.92 Å². The third kappa shape index (κ3) is 4.20. The summed E-state index contributed by atoms with van der Waals surface area (Å²) in [5.74, 6) is -0.690. The number of hydrazine groups is 1. The average Bonchev–Trinajstić information content (AvgIpc) is 2.90. The highest BCUT2D eigenvalue weighted by Gasteiger charge is 2.33. The van der Waals surface area contributed by atoms with Crippen LogP contribution in [0.25, 0.3) is 6.08 Å². The van der Waals surface area contributed by atoms with Gasteiger partial charge >= 0.3 is 0 Å². The SMILES string of the molecule is Cc1ccccc1C(=O)NN1C(=O)C(=Cc2ccc(N(C)C)cc2)SC1=S. The highest BCUT2D eigenvalue weighted by molar-refractivity contribution is 8.26. The summed E-state index contributed by atoms with van der Waals surface area (Å²) in [6.45, 7) is 1.84. The zero-order valence-corrected chi connectivity index (χ0v) is 16.9. The Morgan fingerprint density at radius 3 is 2.44 bits per heavy atom. The zero-order valence-electron chi connectivity index (χ0n) is 15.2. The van der Waals surface area contributed by atoms with Crippen molar-refractivity contribution in [2.75, 3.05) is 19.0 Å². The monoisotopic (exact) mass is 397 g/mol. The highest BCUT2D eigenvalue weighted by atomic mass is 32.2. The van der Waals surface area contributed by atoms with Gasteiger partial charge in [-0.1, -0.05) is 42.1 Å². The van der Waals surface area contributed by atoms with Crippen LogP contribution in [0.5, 0.6) is 0 Å². The van der Waals surface area contributed by atoms with Crippen molar-refractivity contribution < 1.29 is 9.59 Å². The lowest BCUT2D eigenvalue weighted by Crippen LogP contribution is -2.45. The first kappa shape index (κ1) is 19.1. The Morgan fingerprint density at radius 1 is 1.15 bits per heavy atom. The summed E-state index contributed by atoms with van der Waals surface area (Å²) in [5.41, 5.74) is 5.92. The van der Waals surface area contributed by atoms with Gasteiger partial charge in [0, 0.05) is 25.3 Å². The van der Waals surface area contributed by atoms with Crippen molar-refractivity contribution in [2.45, 2.75) is 6.92 Å². The van der Waals surface area contributed by atoms with Crippen LogP contribution in [0.15, 0.2) is 53.4 Å². The molecule has 0 spiro atoms. The maximum atomic E-state index is 12.7. The summed E-state index contributed by atoms with van der Waals surface area (Å²) in [5, 5.41) is 1.13. The maximum absolute atomic E-state index is 12.7. The molecule has 1 heterocycles. The second-order valence-electron chi connectivity index (χ2n) is 6.26. The third-order valence-electron chi connectivity index (χ3n) is 4.10. The number of rotatable bonds is 4. The van der Waals surface area contributed by atoms with Crippen LogP contribution in [-0.2, 0) is 4.79 Å². The molecule has 1 aliphatic rings. The molecule has 27 heavy (non-hydrogen) atoms. The number of hydrogen-bond acceptors (Lipinski definition) is 5. The first-order chi connectivity index (χ1) is 12.9. The van der Waals surface area contributed by atoms with Gasteiger partial charge in [0.2, 0.25) is 0 Å². The molecular formula is C20H19N3O2S2. The van der Waals surface area contributed by atoms with Gasteiger partial charge < -0.3 is 4.90 Å². The summed E-state index contributed by atoms with van der Waals surface area (Å²) >= 11 is 6.45. The molecule has 0 aliphatic carbocycles. The van der Waals surface area contributed by atoms with Gasteiger partial charge in [-0.15, -0.1) is 0 Å². The number of carbonyl (C=O) groups excluding carboxylic acids is 2. The van der Waals surface area contributed by atoms with E-state index in [0.29, 0.717) is 14.8 Å². The molecule has 2 amide bonds. The molecule has 0 radical (unpaired) electrons. The molecule has 0 aromatic heterocycles. The normalized spacial score (nSPS) is 15.4. The minimum Gasteiger partial charge on any atom is -0.378 e. The van der Waals surface area contributed by atoms with Crippen LogP contribution in [0.1, 0.15) is 21.5 Å². The predicted molar refractivity (Wildman–Crippen MR) is 114 cm³/mol. The van der Waals surface area contributed by atoms with Crippen molar-refractivity contribution in [1.29, 1.82) is 0 Å². The lowest BCUT2D eigenvalue weighted by molar-refractivity contribution is -0.123. The number of anilines is 1. The summed E-state index contributed by atoms with van der Waals surface area (Å²) < 4.78 is 0.304. The van der Waals surface area contributed by atoms with Crippen LogP contribution in [0.2, 0.25) is 0 Å². The average molecular weight is 398 g/mol. The molecule has 0 saturated carbocycles. The Morgan fingerprint density at radius 2 is 1.81 bits per heavy atom. The van der Waals surface area contributed by atoms with E-state index >= 15 is 0 Å². The first-order valence-electron chi connectivity index (χ1n) is 8.29. The molecule has 2 aromatic rings. The molecule has 0 bridgehead atoms. The first-order valence-corrected chi connectivity index (χ1v) is 9.51. The number of nitrogens with one attached hydrogen (secondary N) is 1. The summed E-state index contributed by atoms with van der Waals surface area (Å²) in [4.78, 5) is 27.6. The number of aryl methyl sites for hydroxylation is 1. The summed E-state index contributed by atoms with van der Waals surface area (Å²) in [7, 11) is 3.94. The van der Waals surface area contributed by atoms with Gasteiger partial charge in [-0.25, -0.2) is 0 Å². The van der Waals surface area contributed by atoms with Crippen LogP contribution >= 0.6 is 24.0 Å². The van der Waals surface area contributed by atoms with Gasteiger partial charge in [-0.05, 0) is 54.5 Å². The van der Waals surface area contributed by atoms with E-state index in [4.69, 9.17) is 12.2 Å². The van der Waals surface area contributed by atoms with E-state index in [1.54, 1.807) is 18.2 Å². The quantitative estimate of drug-likeness (QED) is 0.631. The predicted octanol–water partition coefficient (Wildman–Crippen LogP) is 3.61. The standard InChI is InChI=1S/C20H19N3O2S2/c1-13-6-4-5-7-16(13)18(24)21-23-19(25)17(27-20(23)26)12-14-8-10-15(11-9-14)22(2)3/h4-12H,1-3H3,(H,21,24). The van der Waals surface area contributed by atoms with Gasteiger partial charge in [0.15, 0.2) is 4.32 Å². The minimum absolute atomic E-state index is 0.304. The summed E-state index contributed by atoms with van der Waals surface area (Å²) in [6.07, 6.45) is 1.78. The second kappa shape index (κ2) is 7.94. The molecule has 3 rings (SSSR count). The molecule has 0 unspecified atom stereocenters. The fraction of sp³-hybridized carbons (Fsp3) is 0.150. The van der Waals surface area contributed by atoms with Gasteiger partial charge in [-0.2, -0.15) is 5.01 Å². The van der Waals surface area contributed by atoms with Gasteiger partial charge in [-0.3, -0.25) is 15.0 Å². The van der Waals surface area contributed by atoms with Crippen LogP contribution < -0.4 is 10.3 Å². The molecule has 1 N–H and O–H groups in total. The zero-order chi connectivity index (χ0) is 19.6. The Balaban J connectivity index is 1.76. The molecule has 138 valence electrons. The molecule has 1 fully saturated rings. The van der Waals surface area contributed by atoms with E-state index in [2.05, 4.69) is 5.43 Å². The largest absolute Gasteiger partial charge is 0.378 e. The van der Waals surface area contributed by atoms with Gasteiger partial charge in [0.05, 0.1) is 4.91 Å². The smallest absolute Gasteiger partial charge is 0.285 e. The van der Waals surface area contributed by atoms with Gasteiger partial charge in [0.1, 0.15) is 0 Å². The van der Waals surface area contributed by atoms with E-state index < -0.39 is 0 Å². The Hall–Kier alpha value is -2.64. The number of nitrogens with zero attached hydrogens (tertiary/aromatic N) is 2. The lowest BCUT2D eigenvalue weighted by atomic mass is 10.1. The van der Waals surface area contributed by atoms with Crippen LogP contribution in [0.3, 0.4) is 0 Å². The summed E-state index contributed by atoms with van der Waals surface area (Å²) in [6, 6.07) is 15.0. The number of thiocarbonyl (C=S) groups is 1. The minimum atomic E-state index is -0.360. The molecule has 5 nitrogen and oxygen atoms in total. The van der Waals surface area contributed by atoms with Crippen molar-refractivity contribution >= 4 is 51.9 Å². The van der Waals surface area contributed by atoms with E-state index in [1.165, 1.54) is 11.8 Å². The van der Waals surface area contributed by atoms with Gasteiger partial charge in [0.25, 0.3) is 11.8 Å². The second-order valence-corrected chi connectivity index (χ2v) is 7.93. The number of benzene rings is 2. The van der Waals surface area contributed by atoms with Crippen LogP contribution in [0.4, 0.5) is 5.69 Å². The number of carbonyl (C=O) groups is 2. The van der Waals surface area contributed by atoms with E-state index in [0.717, 1.165) is 21.8 Å². The fourth-order valence-corrected chi connectivity index (χ4v) is 3.75. The molecule has 1 saturated heterocycles. The number of amides is 2. The molecule has 0 atom stereocenters. The van der Waals surface area contributed by atoms with Crippen molar-refractivity contribution in [3.8, 4) is 0 Å². The van der Waals surface area contributed by atoms with Crippen molar-refractivity contribution in [3.63, 3.8) is 0 Å². The van der Waals surface area contributed by atoms with E-state index in [9.17, 15) is 9.59 Å². The molecule has 2 aromatic carbocycles. The topological polar surface area (TPSA) is 52.7 Å². The molecule has 1 aliphatic heterocycles. The third-order valence-corrected chi connectivity index (χ3v) is 5.41. The van der Waals surface area contributed by atoms with Crippen molar-refractivity contribution in [1.82, 2.24) is 10.4 Å². The Labute approximate surface area is 168 Å². The Kier molecular flexibility index (Phi) is 5.62. The van der Waals surface area contributed by atoms with E-state index in [-0.39, 0.29) is 11.8 Å². The fourth-order valence-electron chi connectivity index (χ4n) is 2.57. The number of thioether (sulfide) groups is 1. The van der Waals surface area contributed by atoms with Crippen LogP contribution in [-0.4, -0.2) is 35.2 Å². The highest BCUT2D eigenvalue weighted by Crippen LogP contribution is 2.31. The molecule has 7 heteroatoms. The maximum Gasteiger partial charge on any atom is 0.285 e. The van der Waals surface area contributed by atoms with E-state index in [1.807, 2.05) is 62.3 Å². The van der Waals surface area contributed by atoms with Crippen molar-refractivity contribution in [2.24, 2.45) is 0 Å². The number of hydrogen-bond donors (Lipinski definition) is 1. The Bertz CT molecular complexity index is 936. The lowest BCUT2D eigenvalue weighted by Gasteiger charge is -2.16. The van der Waals surface area contributed by atoms with Crippen molar-refractivity contribution in [3.05, 3.63) is 70.1 Å².